The smallest absolute Gasteiger partial charge is 0.269 e. The summed E-state index contributed by atoms with van der Waals surface area (Å²) in [5.74, 6) is -5.53. The summed E-state index contributed by atoms with van der Waals surface area (Å²) in [5.41, 5.74) is 3.70. The number of benzene rings is 3. The number of carbonyl (C=O) groups is 1. The van der Waals surface area contributed by atoms with Crippen molar-refractivity contribution in [3.8, 4) is 0 Å². The first-order chi connectivity index (χ1) is 14.6. The summed E-state index contributed by atoms with van der Waals surface area (Å²) in [6.45, 7) is 0. The molecule has 6 nitrogen and oxygen atoms in total. The molecule has 0 fully saturated rings. The quantitative estimate of drug-likeness (QED) is 0.337. The molecule has 0 spiro atoms. The molecule has 0 atom stereocenters. The fourth-order valence-electron chi connectivity index (χ4n) is 2.40. The van der Waals surface area contributed by atoms with Gasteiger partial charge in [-0.1, -0.05) is 23.2 Å². The Kier molecular flexibility index (Phi) is 6.63. The summed E-state index contributed by atoms with van der Waals surface area (Å²) in [6, 6.07) is 10.8. The molecule has 0 aromatic heterocycles. The highest BCUT2D eigenvalue weighted by Gasteiger charge is 2.21. The van der Waals surface area contributed by atoms with Crippen molar-refractivity contribution in [2.75, 3.05) is 10.1 Å². The third-order valence-corrected chi connectivity index (χ3v) is 6.04. The van der Waals surface area contributed by atoms with E-state index in [1.54, 1.807) is 0 Å². The molecule has 3 N–H and O–H groups in total. The predicted molar refractivity (Wildman–Crippen MR) is 111 cm³/mol. The SMILES string of the molecule is O=C(NNc1ccc(F)c(F)c1F)c1ccc(Cl)c(S(=O)(=O)Nc2ccc(Cl)cc2)c1. The van der Waals surface area contributed by atoms with Crippen molar-refractivity contribution >= 4 is 50.5 Å². The number of rotatable bonds is 6. The maximum atomic E-state index is 13.7. The van der Waals surface area contributed by atoms with Gasteiger partial charge < -0.3 is 0 Å². The Hall–Kier alpha value is -2.95. The molecule has 0 radical (unpaired) electrons. The Balaban J connectivity index is 1.80. The highest BCUT2D eigenvalue weighted by molar-refractivity contribution is 7.92. The van der Waals surface area contributed by atoms with Crippen LogP contribution in [0.3, 0.4) is 0 Å². The first-order valence-electron chi connectivity index (χ1n) is 8.36. The van der Waals surface area contributed by atoms with Gasteiger partial charge in [-0.05, 0) is 54.6 Å². The van der Waals surface area contributed by atoms with Gasteiger partial charge in [0.05, 0.1) is 10.7 Å². The van der Waals surface area contributed by atoms with Gasteiger partial charge in [-0.2, -0.15) is 0 Å². The monoisotopic (exact) mass is 489 g/mol. The average molecular weight is 490 g/mol. The van der Waals surface area contributed by atoms with Crippen molar-refractivity contribution in [3.63, 3.8) is 0 Å². The molecule has 0 aliphatic heterocycles. The van der Waals surface area contributed by atoms with Crippen molar-refractivity contribution in [1.29, 1.82) is 0 Å². The van der Waals surface area contributed by atoms with Gasteiger partial charge in [-0.25, -0.2) is 21.6 Å². The second kappa shape index (κ2) is 9.04. The van der Waals surface area contributed by atoms with Crippen LogP contribution >= 0.6 is 23.2 Å². The van der Waals surface area contributed by atoms with Gasteiger partial charge in [0.15, 0.2) is 17.5 Å². The number of hydrazine groups is 1. The van der Waals surface area contributed by atoms with Crippen molar-refractivity contribution in [2.45, 2.75) is 4.90 Å². The molecule has 0 saturated carbocycles. The van der Waals surface area contributed by atoms with E-state index in [0.717, 1.165) is 12.1 Å². The zero-order valence-corrected chi connectivity index (χ0v) is 17.5. The molecule has 0 aliphatic rings. The molecular formula is C19H12Cl2F3N3O3S. The summed E-state index contributed by atoms with van der Waals surface area (Å²) in [4.78, 5) is 11.9. The van der Waals surface area contributed by atoms with Crippen LogP contribution in [0.1, 0.15) is 10.4 Å². The number of anilines is 2. The van der Waals surface area contributed by atoms with Crippen LogP contribution in [-0.2, 0) is 10.0 Å². The second-order valence-electron chi connectivity index (χ2n) is 6.06. The molecule has 0 bridgehead atoms. The van der Waals surface area contributed by atoms with Crippen LogP contribution in [0.15, 0.2) is 59.5 Å². The Labute approximate surface area is 185 Å². The number of carbonyl (C=O) groups excluding carboxylic acids is 1. The molecule has 1 amide bonds. The largest absolute Gasteiger partial charge is 0.295 e. The van der Waals surface area contributed by atoms with Crippen LogP contribution in [0.25, 0.3) is 0 Å². The number of nitrogens with one attached hydrogen (secondary N) is 3. The topological polar surface area (TPSA) is 87.3 Å². The van der Waals surface area contributed by atoms with Crippen LogP contribution in [0.4, 0.5) is 24.5 Å². The van der Waals surface area contributed by atoms with Gasteiger partial charge in [0.2, 0.25) is 0 Å². The summed E-state index contributed by atoms with van der Waals surface area (Å²) >= 11 is 11.8. The van der Waals surface area contributed by atoms with Crippen LogP contribution in [0.2, 0.25) is 10.0 Å². The third kappa shape index (κ3) is 5.22. The maximum Gasteiger partial charge on any atom is 0.269 e. The van der Waals surface area contributed by atoms with E-state index in [0.29, 0.717) is 11.1 Å². The lowest BCUT2D eigenvalue weighted by atomic mass is 10.2. The maximum absolute atomic E-state index is 13.7. The zero-order valence-electron chi connectivity index (χ0n) is 15.2. The summed E-state index contributed by atoms with van der Waals surface area (Å²) in [5, 5.41) is 0.252. The second-order valence-corrected chi connectivity index (χ2v) is 8.55. The lowest BCUT2D eigenvalue weighted by Gasteiger charge is -2.13. The lowest BCUT2D eigenvalue weighted by molar-refractivity contribution is 0.0962. The first kappa shape index (κ1) is 22.7. The molecular weight excluding hydrogens is 478 g/mol. The van der Waals surface area contributed by atoms with E-state index in [2.05, 4.69) is 15.6 Å². The molecule has 12 heteroatoms. The normalized spacial score (nSPS) is 11.1. The zero-order chi connectivity index (χ0) is 22.8. The van der Waals surface area contributed by atoms with Gasteiger partial charge in [0.1, 0.15) is 4.90 Å². The van der Waals surface area contributed by atoms with Gasteiger partial charge >= 0.3 is 0 Å². The van der Waals surface area contributed by atoms with Crippen molar-refractivity contribution in [1.82, 2.24) is 5.43 Å². The molecule has 0 unspecified atom stereocenters. The highest BCUT2D eigenvalue weighted by atomic mass is 35.5. The van der Waals surface area contributed by atoms with E-state index >= 15 is 0 Å². The van der Waals surface area contributed by atoms with E-state index in [1.807, 2.05) is 0 Å². The standard InChI is InChI=1S/C19H12Cl2F3N3O3S/c20-11-2-4-12(5-3-11)27-31(29,30)16-9-10(1-6-13(16)21)19(28)26-25-15-8-7-14(22)17(23)18(15)24/h1-9,25,27H,(H,26,28). The van der Waals surface area contributed by atoms with Gasteiger partial charge in [-0.3, -0.25) is 20.4 Å². The minimum atomic E-state index is -4.17. The van der Waals surface area contributed by atoms with Crippen LogP contribution in [0.5, 0.6) is 0 Å². The molecule has 3 aromatic carbocycles. The number of amides is 1. The van der Waals surface area contributed by atoms with Gasteiger partial charge in [0.25, 0.3) is 15.9 Å². The Morgan fingerprint density at radius 1 is 0.871 bits per heavy atom. The van der Waals surface area contributed by atoms with Crippen molar-refractivity contribution in [2.24, 2.45) is 0 Å². The predicted octanol–water partition coefficient (Wildman–Crippen LogP) is 4.97. The molecule has 0 saturated heterocycles. The molecule has 31 heavy (non-hydrogen) atoms. The van der Waals surface area contributed by atoms with E-state index in [4.69, 9.17) is 23.2 Å². The van der Waals surface area contributed by atoms with Crippen LogP contribution in [0, 0.1) is 17.5 Å². The van der Waals surface area contributed by atoms with E-state index in [-0.39, 0.29) is 16.3 Å². The minimum Gasteiger partial charge on any atom is -0.295 e. The van der Waals surface area contributed by atoms with Crippen molar-refractivity contribution < 1.29 is 26.4 Å². The van der Waals surface area contributed by atoms with Gasteiger partial charge in [-0.15, -0.1) is 0 Å². The summed E-state index contributed by atoms with van der Waals surface area (Å²) in [7, 11) is -4.17. The number of sulfonamides is 1. The summed E-state index contributed by atoms with van der Waals surface area (Å²) < 4.78 is 67.6. The Morgan fingerprint density at radius 2 is 1.55 bits per heavy atom. The molecule has 0 heterocycles. The fraction of sp³-hybridized carbons (Fsp3) is 0. The number of halogens is 5. The van der Waals surface area contributed by atoms with E-state index in [1.165, 1.54) is 36.4 Å². The molecule has 0 aliphatic carbocycles. The third-order valence-electron chi connectivity index (χ3n) is 3.93. The highest BCUT2D eigenvalue weighted by Crippen LogP contribution is 2.26. The molecule has 3 rings (SSSR count). The minimum absolute atomic E-state index is 0.155. The Morgan fingerprint density at radius 3 is 2.23 bits per heavy atom. The van der Waals surface area contributed by atoms with Crippen LogP contribution in [-0.4, -0.2) is 14.3 Å². The number of hydrogen-bond donors (Lipinski definition) is 3. The fourth-order valence-corrected chi connectivity index (χ4v) is 4.11. The lowest BCUT2D eigenvalue weighted by Crippen LogP contribution is -2.30. The van der Waals surface area contributed by atoms with Gasteiger partial charge in [0, 0.05) is 16.3 Å². The number of hydrogen-bond acceptors (Lipinski definition) is 4. The van der Waals surface area contributed by atoms with E-state index in [9.17, 15) is 26.4 Å². The van der Waals surface area contributed by atoms with E-state index < -0.39 is 44.0 Å². The average Bonchev–Trinajstić information content (AvgIpc) is 2.73. The van der Waals surface area contributed by atoms with Crippen LogP contribution < -0.4 is 15.6 Å². The Bertz CT molecular complexity index is 1260. The summed E-state index contributed by atoms with van der Waals surface area (Å²) in [6.07, 6.45) is 0. The molecule has 162 valence electrons. The van der Waals surface area contributed by atoms with Crippen molar-refractivity contribution in [3.05, 3.63) is 87.7 Å². The first-order valence-corrected chi connectivity index (χ1v) is 10.6. The molecule has 3 aromatic rings.